The maximum absolute atomic E-state index is 11.9. The van der Waals surface area contributed by atoms with E-state index in [0.29, 0.717) is 12.5 Å². The Bertz CT molecular complexity index is 572. The van der Waals surface area contributed by atoms with Crippen LogP contribution in [0.3, 0.4) is 0 Å². The van der Waals surface area contributed by atoms with Crippen molar-refractivity contribution in [3.8, 4) is 0 Å². The first-order valence-corrected chi connectivity index (χ1v) is 8.60. The largest absolute Gasteiger partial charge is 0.357 e. The van der Waals surface area contributed by atoms with E-state index in [4.69, 9.17) is 0 Å². The third kappa shape index (κ3) is 8.02. The molecule has 1 atom stereocenters. The molecular formula is C17H33N7O. The van der Waals surface area contributed by atoms with Gasteiger partial charge in [0, 0.05) is 37.4 Å². The molecule has 0 aliphatic rings. The summed E-state index contributed by atoms with van der Waals surface area (Å²) < 4.78 is 1.79. The molecule has 0 spiro atoms. The van der Waals surface area contributed by atoms with Crippen molar-refractivity contribution in [3.05, 3.63) is 18.0 Å². The summed E-state index contributed by atoms with van der Waals surface area (Å²) in [6.07, 6.45) is 3.88. The van der Waals surface area contributed by atoms with Crippen LogP contribution in [0.2, 0.25) is 0 Å². The molecule has 8 heteroatoms. The summed E-state index contributed by atoms with van der Waals surface area (Å²) in [7, 11) is 5.96. The van der Waals surface area contributed by atoms with E-state index in [-0.39, 0.29) is 24.0 Å². The first-order chi connectivity index (χ1) is 11.6. The number of amides is 1. The fourth-order valence-electron chi connectivity index (χ4n) is 2.35. The van der Waals surface area contributed by atoms with Crippen LogP contribution >= 0.6 is 0 Å². The quantitative estimate of drug-likeness (QED) is 0.492. The standard InChI is InChI=1S/C17H33N7O/c1-8-18-16(20-11-15(25)22-17(2,3)4)19-10-14(23(5)6)13-9-21-24(7)12-13/h9,12,14H,8,10-11H2,1-7H3,(H,22,25)(H2,18,19,20). The topological polar surface area (TPSA) is 86.6 Å². The smallest absolute Gasteiger partial charge is 0.242 e. The van der Waals surface area contributed by atoms with Gasteiger partial charge in [-0.05, 0) is 41.8 Å². The summed E-state index contributed by atoms with van der Waals surface area (Å²) in [5.41, 5.74) is 0.871. The number of carbonyl (C=O) groups excluding carboxylic acids is 1. The van der Waals surface area contributed by atoms with E-state index in [9.17, 15) is 4.79 Å². The summed E-state index contributed by atoms with van der Waals surface area (Å²) in [4.78, 5) is 18.4. The molecule has 0 aliphatic heterocycles. The highest BCUT2D eigenvalue weighted by molar-refractivity contribution is 5.85. The molecule has 3 N–H and O–H groups in total. The van der Waals surface area contributed by atoms with Crippen LogP contribution in [0.15, 0.2) is 17.4 Å². The molecule has 0 radical (unpaired) electrons. The second kappa shape index (κ2) is 9.41. The van der Waals surface area contributed by atoms with Crippen molar-refractivity contribution in [2.24, 2.45) is 12.0 Å². The number of hydrogen-bond acceptors (Lipinski definition) is 4. The second-order valence-electron chi connectivity index (χ2n) is 7.30. The number of guanidine groups is 1. The zero-order valence-electron chi connectivity index (χ0n) is 16.6. The zero-order chi connectivity index (χ0) is 19.0. The van der Waals surface area contributed by atoms with Crippen molar-refractivity contribution < 1.29 is 4.79 Å². The van der Waals surface area contributed by atoms with Gasteiger partial charge in [0.2, 0.25) is 5.91 Å². The van der Waals surface area contributed by atoms with Crippen molar-refractivity contribution in [2.45, 2.75) is 39.3 Å². The van der Waals surface area contributed by atoms with Crippen LogP contribution in [0.1, 0.15) is 39.3 Å². The van der Waals surface area contributed by atoms with E-state index >= 15 is 0 Å². The fraction of sp³-hybridized carbons (Fsp3) is 0.706. The molecule has 1 heterocycles. The molecule has 1 aromatic rings. The van der Waals surface area contributed by atoms with Crippen molar-refractivity contribution >= 4 is 11.9 Å². The summed E-state index contributed by atoms with van der Waals surface area (Å²) in [5, 5.41) is 13.6. The lowest BCUT2D eigenvalue weighted by Gasteiger charge is -2.24. The number of aryl methyl sites for hydroxylation is 1. The van der Waals surface area contributed by atoms with Gasteiger partial charge in [-0.3, -0.25) is 9.48 Å². The van der Waals surface area contributed by atoms with Crippen molar-refractivity contribution in [3.63, 3.8) is 0 Å². The first kappa shape index (κ1) is 21.0. The molecule has 0 aromatic carbocycles. The number of aliphatic imine (C=N–C) groups is 1. The van der Waals surface area contributed by atoms with Gasteiger partial charge < -0.3 is 20.9 Å². The highest BCUT2D eigenvalue weighted by Gasteiger charge is 2.17. The van der Waals surface area contributed by atoms with Crippen LogP contribution < -0.4 is 16.0 Å². The Kier molecular flexibility index (Phi) is 7.89. The zero-order valence-corrected chi connectivity index (χ0v) is 16.6. The summed E-state index contributed by atoms with van der Waals surface area (Å²) in [6, 6.07) is 0.154. The summed E-state index contributed by atoms with van der Waals surface area (Å²) in [5.74, 6) is 0.531. The molecule has 25 heavy (non-hydrogen) atoms. The van der Waals surface area contributed by atoms with Gasteiger partial charge in [-0.25, -0.2) is 4.99 Å². The highest BCUT2D eigenvalue weighted by Crippen LogP contribution is 2.15. The molecule has 1 unspecified atom stereocenters. The van der Waals surface area contributed by atoms with Crippen LogP contribution in [-0.2, 0) is 11.8 Å². The van der Waals surface area contributed by atoms with E-state index < -0.39 is 0 Å². The molecule has 8 nitrogen and oxygen atoms in total. The van der Waals surface area contributed by atoms with Crippen molar-refractivity contribution in [1.82, 2.24) is 30.6 Å². The Hall–Kier alpha value is -2.09. The van der Waals surface area contributed by atoms with E-state index in [1.165, 1.54) is 0 Å². The Morgan fingerprint density at radius 2 is 2.04 bits per heavy atom. The van der Waals surface area contributed by atoms with Gasteiger partial charge in [-0.15, -0.1) is 0 Å². The van der Waals surface area contributed by atoms with Crippen LogP contribution in [0.4, 0.5) is 0 Å². The van der Waals surface area contributed by atoms with Crippen molar-refractivity contribution in [1.29, 1.82) is 0 Å². The number of aromatic nitrogens is 2. The monoisotopic (exact) mass is 351 g/mol. The molecule has 0 bridgehead atoms. The van der Waals surface area contributed by atoms with Gasteiger partial charge in [0.25, 0.3) is 0 Å². The lowest BCUT2D eigenvalue weighted by molar-refractivity contribution is -0.121. The van der Waals surface area contributed by atoms with Gasteiger partial charge in [0.05, 0.1) is 12.2 Å². The number of likely N-dealkylation sites (N-methyl/N-ethyl adjacent to an activating group) is 1. The van der Waals surface area contributed by atoms with Gasteiger partial charge in [0.15, 0.2) is 5.96 Å². The van der Waals surface area contributed by atoms with Gasteiger partial charge in [0.1, 0.15) is 6.54 Å². The van der Waals surface area contributed by atoms with Crippen molar-refractivity contribution in [2.75, 3.05) is 33.7 Å². The molecule has 0 saturated carbocycles. The minimum absolute atomic E-state index is 0.0894. The number of hydrogen-bond donors (Lipinski definition) is 3. The molecule has 1 amide bonds. The van der Waals surface area contributed by atoms with Crippen LogP contribution in [0, 0.1) is 0 Å². The van der Waals surface area contributed by atoms with E-state index in [1.807, 2.05) is 61.2 Å². The third-order valence-corrected chi connectivity index (χ3v) is 3.44. The van der Waals surface area contributed by atoms with Crippen LogP contribution in [0.5, 0.6) is 0 Å². The summed E-state index contributed by atoms with van der Waals surface area (Å²) in [6.45, 7) is 9.33. The van der Waals surface area contributed by atoms with Gasteiger partial charge in [-0.1, -0.05) is 0 Å². The molecule has 0 fully saturated rings. The predicted octanol–water partition coefficient (Wildman–Crippen LogP) is 0.493. The number of carbonyl (C=O) groups is 1. The molecular weight excluding hydrogens is 318 g/mol. The normalized spacial score (nSPS) is 13.7. The Labute approximate surface area is 151 Å². The van der Waals surface area contributed by atoms with Crippen LogP contribution in [-0.4, -0.2) is 65.8 Å². The lowest BCUT2D eigenvalue weighted by atomic mass is 10.1. The minimum Gasteiger partial charge on any atom is -0.357 e. The van der Waals surface area contributed by atoms with E-state index in [0.717, 1.165) is 12.1 Å². The third-order valence-electron chi connectivity index (χ3n) is 3.44. The highest BCUT2D eigenvalue weighted by atomic mass is 16.2. The van der Waals surface area contributed by atoms with E-state index in [1.54, 1.807) is 4.68 Å². The minimum atomic E-state index is -0.255. The predicted molar refractivity (Wildman–Crippen MR) is 102 cm³/mol. The molecule has 1 aromatic heterocycles. The van der Waals surface area contributed by atoms with Gasteiger partial charge >= 0.3 is 0 Å². The Morgan fingerprint density at radius 1 is 1.36 bits per heavy atom. The Morgan fingerprint density at radius 3 is 2.52 bits per heavy atom. The summed E-state index contributed by atoms with van der Waals surface area (Å²) >= 11 is 0. The molecule has 142 valence electrons. The maximum atomic E-state index is 11.9. The fourth-order valence-corrected chi connectivity index (χ4v) is 2.35. The lowest BCUT2D eigenvalue weighted by Crippen LogP contribution is -2.44. The number of rotatable bonds is 7. The van der Waals surface area contributed by atoms with Crippen LogP contribution in [0.25, 0.3) is 0 Å². The van der Waals surface area contributed by atoms with Gasteiger partial charge in [-0.2, -0.15) is 5.10 Å². The molecule has 0 aliphatic carbocycles. The number of nitrogens with zero attached hydrogens (tertiary/aromatic N) is 4. The van der Waals surface area contributed by atoms with E-state index in [2.05, 4.69) is 30.9 Å². The first-order valence-electron chi connectivity index (χ1n) is 8.60. The maximum Gasteiger partial charge on any atom is 0.242 e. The average molecular weight is 351 g/mol. The number of nitrogens with one attached hydrogen (secondary N) is 3. The Balaban J connectivity index is 2.69. The average Bonchev–Trinajstić information content (AvgIpc) is 2.89. The molecule has 0 saturated heterocycles. The SMILES string of the molecule is CCNC(=NCC(=O)NC(C)(C)C)NCC(c1cnn(C)c1)N(C)C. The molecule has 1 rings (SSSR count). The second-order valence-corrected chi connectivity index (χ2v) is 7.30.